The molecule has 216 valence electrons. The average Bonchev–Trinajstić information content (AvgIpc) is 2.90. The molecule has 5 aliphatic rings. The molecule has 5 aliphatic carbocycles. The number of Topliss-reactive ketones (excluding diaryl/α,β-unsaturated/α-hetero) is 1. The first-order valence-corrected chi connectivity index (χ1v) is 14.7. The van der Waals surface area contributed by atoms with Gasteiger partial charge in [0, 0.05) is 16.7 Å². The van der Waals surface area contributed by atoms with Gasteiger partial charge in [-0.25, -0.2) is 0 Å². The van der Waals surface area contributed by atoms with Crippen molar-refractivity contribution in [1.82, 2.24) is 0 Å². The molecule has 8 atom stereocenters. The van der Waals surface area contributed by atoms with Gasteiger partial charge in [0.1, 0.15) is 6.07 Å². The van der Waals surface area contributed by atoms with E-state index in [4.69, 9.17) is 9.47 Å². The van der Waals surface area contributed by atoms with Crippen LogP contribution >= 0.6 is 0 Å². The number of ketones is 2. The van der Waals surface area contributed by atoms with Crippen LogP contribution in [0.4, 0.5) is 0 Å². The molecule has 0 saturated heterocycles. The summed E-state index contributed by atoms with van der Waals surface area (Å²) in [5, 5.41) is 9.99. The fourth-order valence-electron chi connectivity index (χ4n) is 10.2. The highest BCUT2D eigenvalue weighted by Gasteiger charge is 2.67. The summed E-state index contributed by atoms with van der Waals surface area (Å²) in [6, 6.07) is 2.10. The third-order valence-corrected chi connectivity index (χ3v) is 12.2. The highest BCUT2D eigenvalue weighted by atomic mass is 16.5. The zero-order valence-electron chi connectivity index (χ0n) is 25.0. The molecule has 0 heterocycles. The molecule has 0 aliphatic heterocycles. The Morgan fingerprint density at radius 3 is 2.30 bits per heavy atom. The SMILES string of the molecule is COC(=O)C[C@]1(C)C(=O)C(C#N)=C[C@]2(C)C3=CC(=O)C4C5CC(C)(C)CC[C@]5(C(=O)OC)CCC4[C@]3(C)CCC21. The minimum Gasteiger partial charge on any atom is -0.469 e. The topological polar surface area (TPSA) is 111 Å². The molecule has 0 amide bonds. The number of esters is 2. The maximum Gasteiger partial charge on any atom is 0.312 e. The van der Waals surface area contributed by atoms with Gasteiger partial charge in [-0.3, -0.25) is 19.2 Å². The Morgan fingerprint density at radius 1 is 0.975 bits per heavy atom. The highest BCUT2D eigenvalue weighted by Crippen LogP contribution is 2.71. The molecule has 0 bridgehead atoms. The standard InChI is InChI=1S/C33H43NO6/c1-29(2)12-13-33(28(38)40-7)11-8-20-26(21(33)16-29)22(35)14-24-30(20,3)10-9-23-31(24,4)15-19(18-34)27(37)32(23,5)17-25(36)39-6/h14-15,20-21,23,26H,8-13,16-17H2,1-7H3/t20?,21?,23?,26?,30-,31-,32-,33+/m0/s1. The van der Waals surface area contributed by atoms with Gasteiger partial charge in [-0.05, 0) is 79.6 Å². The summed E-state index contributed by atoms with van der Waals surface area (Å²) < 4.78 is 10.3. The zero-order valence-corrected chi connectivity index (χ0v) is 25.0. The lowest BCUT2D eigenvalue weighted by atomic mass is 9.38. The Balaban J connectivity index is 1.65. The van der Waals surface area contributed by atoms with Gasteiger partial charge >= 0.3 is 11.9 Å². The van der Waals surface area contributed by atoms with E-state index in [1.165, 1.54) is 14.2 Å². The van der Waals surface area contributed by atoms with Crippen molar-refractivity contribution in [3.05, 3.63) is 23.3 Å². The normalized spacial score (nSPS) is 43.5. The number of ether oxygens (including phenoxy) is 2. The summed E-state index contributed by atoms with van der Waals surface area (Å²) in [5.74, 6) is -1.49. The van der Waals surface area contributed by atoms with Gasteiger partial charge in [-0.15, -0.1) is 0 Å². The summed E-state index contributed by atoms with van der Waals surface area (Å²) in [4.78, 5) is 53.7. The summed E-state index contributed by atoms with van der Waals surface area (Å²) in [5.41, 5.74) is -1.76. The van der Waals surface area contributed by atoms with Crippen LogP contribution in [-0.2, 0) is 28.7 Å². The van der Waals surface area contributed by atoms with Crippen molar-refractivity contribution >= 4 is 23.5 Å². The molecule has 3 fully saturated rings. The Bertz CT molecular complexity index is 1290. The highest BCUT2D eigenvalue weighted by molar-refractivity contribution is 6.06. The Labute approximate surface area is 237 Å². The van der Waals surface area contributed by atoms with Crippen molar-refractivity contribution < 1.29 is 28.7 Å². The molecule has 0 radical (unpaired) electrons. The second-order valence-corrected chi connectivity index (χ2v) is 14.7. The Hall–Kier alpha value is -2.75. The molecule has 7 heteroatoms. The number of hydrogen-bond donors (Lipinski definition) is 0. The van der Waals surface area contributed by atoms with Crippen LogP contribution in [0.3, 0.4) is 0 Å². The number of hydrogen-bond acceptors (Lipinski definition) is 7. The van der Waals surface area contributed by atoms with Gasteiger partial charge < -0.3 is 9.47 Å². The number of carbonyl (C=O) groups is 4. The van der Waals surface area contributed by atoms with Gasteiger partial charge in [0.25, 0.3) is 0 Å². The van der Waals surface area contributed by atoms with Crippen LogP contribution in [0, 0.1) is 62.1 Å². The number of carbonyl (C=O) groups excluding carboxylic acids is 4. The van der Waals surface area contributed by atoms with Crippen molar-refractivity contribution in [3.8, 4) is 6.07 Å². The van der Waals surface area contributed by atoms with Crippen molar-refractivity contribution in [1.29, 1.82) is 5.26 Å². The van der Waals surface area contributed by atoms with Crippen molar-refractivity contribution in [2.75, 3.05) is 14.2 Å². The number of fused-ring (bicyclic) bond motifs is 7. The smallest absolute Gasteiger partial charge is 0.312 e. The minimum atomic E-state index is -1.11. The van der Waals surface area contributed by atoms with E-state index >= 15 is 0 Å². The average molecular weight is 550 g/mol. The molecule has 5 rings (SSSR count). The molecule has 3 saturated carbocycles. The second kappa shape index (κ2) is 9.13. The van der Waals surface area contributed by atoms with E-state index in [2.05, 4.69) is 26.8 Å². The number of rotatable bonds is 3. The van der Waals surface area contributed by atoms with E-state index in [0.717, 1.165) is 37.7 Å². The quantitative estimate of drug-likeness (QED) is 0.426. The maximum atomic E-state index is 14.3. The van der Waals surface area contributed by atoms with Crippen LogP contribution in [0.15, 0.2) is 23.3 Å². The maximum absolute atomic E-state index is 14.3. The lowest BCUT2D eigenvalue weighted by Gasteiger charge is -2.64. The van der Waals surface area contributed by atoms with E-state index in [1.807, 2.05) is 13.0 Å². The first-order valence-electron chi connectivity index (χ1n) is 14.7. The summed E-state index contributed by atoms with van der Waals surface area (Å²) in [6.45, 7) is 10.5. The number of nitriles is 1. The second-order valence-electron chi connectivity index (χ2n) is 14.7. The molecule has 0 spiro atoms. The fraction of sp³-hybridized carbons (Fsp3) is 0.727. The number of allylic oxidation sites excluding steroid dienone is 4. The summed E-state index contributed by atoms with van der Waals surface area (Å²) in [6.07, 6.45) is 8.87. The first kappa shape index (κ1) is 28.8. The number of nitrogens with zero attached hydrogens (tertiary/aromatic N) is 1. The van der Waals surface area contributed by atoms with Crippen LogP contribution in [0.1, 0.15) is 86.0 Å². The molecule has 40 heavy (non-hydrogen) atoms. The van der Waals surface area contributed by atoms with Crippen molar-refractivity contribution in [2.24, 2.45) is 50.7 Å². The predicted octanol–water partition coefficient (Wildman–Crippen LogP) is 5.53. The molecular formula is C33H43NO6. The van der Waals surface area contributed by atoms with Crippen LogP contribution in [0.25, 0.3) is 0 Å². The van der Waals surface area contributed by atoms with E-state index in [9.17, 15) is 24.4 Å². The van der Waals surface area contributed by atoms with Crippen LogP contribution in [0.2, 0.25) is 0 Å². The molecule has 7 nitrogen and oxygen atoms in total. The van der Waals surface area contributed by atoms with E-state index in [-0.39, 0.29) is 64.0 Å². The van der Waals surface area contributed by atoms with Gasteiger partial charge in [0.15, 0.2) is 11.6 Å². The Morgan fingerprint density at radius 2 is 1.68 bits per heavy atom. The zero-order chi connectivity index (χ0) is 29.5. The molecule has 0 aromatic heterocycles. The third kappa shape index (κ3) is 3.73. The lowest BCUT2D eigenvalue weighted by molar-refractivity contribution is -0.178. The van der Waals surface area contributed by atoms with Gasteiger partial charge in [0.2, 0.25) is 0 Å². The Kier molecular flexibility index (Phi) is 6.56. The van der Waals surface area contributed by atoms with E-state index in [1.54, 1.807) is 13.0 Å². The summed E-state index contributed by atoms with van der Waals surface area (Å²) in [7, 11) is 2.77. The summed E-state index contributed by atoms with van der Waals surface area (Å²) >= 11 is 0. The largest absolute Gasteiger partial charge is 0.469 e. The first-order chi connectivity index (χ1) is 18.6. The lowest BCUT2D eigenvalue weighted by Crippen LogP contribution is -2.62. The molecule has 0 aromatic rings. The predicted molar refractivity (Wildman–Crippen MR) is 147 cm³/mol. The molecule has 0 aromatic carbocycles. The van der Waals surface area contributed by atoms with Crippen molar-refractivity contribution in [3.63, 3.8) is 0 Å². The molecule has 0 N–H and O–H groups in total. The monoisotopic (exact) mass is 549 g/mol. The van der Waals surface area contributed by atoms with E-state index in [0.29, 0.717) is 12.8 Å². The fourth-order valence-corrected chi connectivity index (χ4v) is 10.2. The van der Waals surface area contributed by atoms with Crippen molar-refractivity contribution in [2.45, 2.75) is 86.0 Å². The van der Waals surface area contributed by atoms with Crippen LogP contribution in [0.5, 0.6) is 0 Å². The van der Waals surface area contributed by atoms with Gasteiger partial charge in [-0.2, -0.15) is 5.26 Å². The van der Waals surface area contributed by atoms with Crippen LogP contribution in [-0.4, -0.2) is 37.7 Å². The van der Waals surface area contributed by atoms with E-state index < -0.39 is 22.2 Å². The molecule has 4 unspecified atom stereocenters. The number of methoxy groups -OCH3 is 2. The van der Waals surface area contributed by atoms with Crippen LogP contribution < -0.4 is 0 Å². The minimum absolute atomic E-state index is 0.0305. The molecular weight excluding hydrogens is 506 g/mol. The third-order valence-electron chi connectivity index (χ3n) is 12.2. The van der Waals surface area contributed by atoms with Gasteiger partial charge in [-0.1, -0.05) is 46.3 Å². The van der Waals surface area contributed by atoms with Gasteiger partial charge in [0.05, 0.1) is 31.6 Å².